The summed E-state index contributed by atoms with van der Waals surface area (Å²) in [6.45, 7) is 3.72. The van der Waals surface area contributed by atoms with Gasteiger partial charge in [-0.2, -0.15) is 4.98 Å². The van der Waals surface area contributed by atoms with Gasteiger partial charge in [0.15, 0.2) is 23.1 Å². The quantitative estimate of drug-likeness (QED) is 0.603. The van der Waals surface area contributed by atoms with Crippen LogP contribution in [0.5, 0.6) is 0 Å². The average Bonchev–Trinajstić information content (AvgIpc) is 3.36. The number of aromatic nitrogens is 4. The molecule has 0 radical (unpaired) electrons. The third-order valence-corrected chi connectivity index (χ3v) is 5.91. The van der Waals surface area contributed by atoms with Crippen molar-refractivity contribution in [1.29, 1.82) is 0 Å². The van der Waals surface area contributed by atoms with Crippen LogP contribution in [0.2, 0.25) is 0 Å². The van der Waals surface area contributed by atoms with Crippen LogP contribution in [-0.2, 0) is 9.47 Å². The maximum absolute atomic E-state index is 14.3. The summed E-state index contributed by atoms with van der Waals surface area (Å²) in [7, 11) is 0. The SMILES string of the molecule is CCNc1ncc2nc(Nc3c(F)cc(F)cc3F)n(C3CCC4(CC3)OCCO4)c2n1. The number of benzene rings is 1. The fourth-order valence-corrected chi connectivity index (χ4v) is 4.43. The highest BCUT2D eigenvalue weighted by Crippen LogP contribution is 2.42. The Kier molecular flexibility index (Phi) is 5.38. The van der Waals surface area contributed by atoms with Crippen LogP contribution in [0, 0.1) is 17.5 Å². The third-order valence-electron chi connectivity index (χ3n) is 5.91. The molecule has 1 saturated carbocycles. The van der Waals surface area contributed by atoms with Gasteiger partial charge in [0.25, 0.3) is 0 Å². The molecule has 1 aliphatic carbocycles. The number of hydrogen-bond acceptors (Lipinski definition) is 7. The molecule has 2 aliphatic rings. The molecule has 5 rings (SSSR count). The second kappa shape index (κ2) is 8.21. The highest BCUT2D eigenvalue weighted by Gasteiger charge is 2.41. The maximum atomic E-state index is 14.3. The van der Waals surface area contributed by atoms with Crippen molar-refractivity contribution < 1.29 is 22.6 Å². The fourth-order valence-electron chi connectivity index (χ4n) is 4.43. The number of hydrogen-bond donors (Lipinski definition) is 2. The van der Waals surface area contributed by atoms with E-state index in [1.165, 1.54) is 0 Å². The molecule has 170 valence electrons. The molecule has 1 aliphatic heterocycles. The third kappa shape index (κ3) is 3.75. The van der Waals surface area contributed by atoms with E-state index in [9.17, 15) is 13.2 Å². The topological polar surface area (TPSA) is 86.1 Å². The summed E-state index contributed by atoms with van der Waals surface area (Å²) in [6, 6.07) is 1.19. The Morgan fingerprint density at radius 2 is 1.78 bits per heavy atom. The number of ether oxygens (including phenoxy) is 2. The van der Waals surface area contributed by atoms with Gasteiger partial charge in [0.1, 0.15) is 17.0 Å². The molecular formula is C21H23F3N6O2. The highest BCUT2D eigenvalue weighted by molar-refractivity contribution is 5.76. The first-order chi connectivity index (χ1) is 15.5. The maximum Gasteiger partial charge on any atom is 0.224 e. The minimum Gasteiger partial charge on any atom is -0.354 e. The predicted octanol–water partition coefficient (Wildman–Crippen LogP) is 4.28. The normalized spacial score (nSPS) is 18.5. The Hall–Kier alpha value is -2.92. The van der Waals surface area contributed by atoms with Crippen LogP contribution in [0.4, 0.5) is 30.8 Å². The number of imidazole rings is 1. The average molecular weight is 448 g/mol. The van der Waals surface area contributed by atoms with Crippen molar-refractivity contribution in [2.75, 3.05) is 30.4 Å². The van der Waals surface area contributed by atoms with E-state index >= 15 is 0 Å². The summed E-state index contributed by atoms with van der Waals surface area (Å²) in [5.74, 6) is -3.00. The summed E-state index contributed by atoms with van der Waals surface area (Å²) in [5.41, 5.74) is 0.541. The van der Waals surface area contributed by atoms with E-state index in [1.807, 2.05) is 11.5 Å². The molecule has 32 heavy (non-hydrogen) atoms. The van der Waals surface area contributed by atoms with Crippen molar-refractivity contribution in [2.24, 2.45) is 0 Å². The van der Waals surface area contributed by atoms with Gasteiger partial charge in [-0.15, -0.1) is 0 Å². The van der Waals surface area contributed by atoms with Gasteiger partial charge in [0.05, 0.1) is 19.4 Å². The number of anilines is 3. The Bertz CT molecular complexity index is 1120. The molecule has 0 unspecified atom stereocenters. The Morgan fingerprint density at radius 3 is 2.44 bits per heavy atom. The zero-order chi connectivity index (χ0) is 22.3. The second-order valence-electron chi connectivity index (χ2n) is 7.95. The number of nitrogens with zero attached hydrogens (tertiary/aromatic N) is 4. The molecule has 2 fully saturated rings. The molecule has 3 aromatic rings. The van der Waals surface area contributed by atoms with Gasteiger partial charge >= 0.3 is 0 Å². The van der Waals surface area contributed by atoms with Crippen LogP contribution < -0.4 is 10.6 Å². The Balaban J connectivity index is 1.55. The van der Waals surface area contributed by atoms with Crippen LogP contribution in [-0.4, -0.2) is 45.1 Å². The van der Waals surface area contributed by atoms with E-state index in [1.54, 1.807) is 6.20 Å². The van der Waals surface area contributed by atoms with E-state index in [4.69, 9.17) is 9.47 Å². The minimum absolute atomic E-state index is 0.0585. The van der Waals surface area contributed by atoms with Crippen LogP contribution in [0.25, 0.3) is 11.2 Å². The molecule has 0 amide bonds. The summed E-state index contributed by atoms with van der Waals surface area (Å²) in [4.78, 5) is 13.3. The Morgan fingerprint density at radius 1 is 1.09 bits per heavy atom. The lowest BCUT2D eigenvalue weighted by Gasteiger charge is -2.36. The van der Waals surface area contributed by atoms with Crippen molar-refractivity contribution in [1.82, 2.24) is 19.5 Å². The summed E-state index contributed by atoms with van der Waals surface area (Å²) >= 11 is 0. The number of halogens is 3. The highest BCUT2D eigenvalue weighted by atomic mass is 19.1. The lowest BCUT2D eigenvalue weighted by Crippen LogP contribution is -2.36. The summed E-state index contributed by atoms with van der Waals surface area (Å²) < 4.78 is 55.5. The smallest absolute Gasteiger partial charge is 0.224 e. The van der Waals surface area contributed by atoms with Crippen molar-refractivity contribution in [3.05, 3.63) is 35.8 Å². The summed E-state index contributed by atoms with van der Waals surface area (Å²) in [5, 5.41) is 5.79. The largest absolute Gasteiger partial charge is 0.354 e. The first-order valence-electron chi connectivity index (χ1n) is 10.7. The molecule has 2 aromatic heterocycles. The predicted molar refractivity (Wildman–Crippen MR) is 111 cm³/mol. The van der Waals surface area contributed by atoms with E-state index in [0.29, 0.717) is 74.7 Å². The standard InChI is InChI=1S/C21H23F3N6O2/c1-2-25-19-26-11-16-18(29-19)30(13-3-5-21(6-4-13)31-7-8-32-21)20(27-16)28-17-14(23)9-12(22)10-15(17)24/h9-11,13H,2-8H2,1H3,(H,27,28)(H,25,26,29). The zero-order valence-electron chi connectivity index (χ0n) is 17.5. The molecular weight excluding hydrogens is 425 g/mol. The molecule has 11 heteroatoms. The van der Waals surface area contributed by atoms with E-state index < -0.39 is 28.9 Å². The Labute approximate surface area is 182 Å². The lowest BCUT2D eigenvalue weighted by atomic mass is 9.90. The molecule has 1 saturated heterocycles. The number of rotatable bonds is 5. The van der Waals surface area contributed by atoms with Crippen LogP contribution >= 0.6 is 0 Å². The zero-order valence-corrected chi connectivity index (χ0v) is 17.5. The van der Waals surface area contributed by atoms with Gasteiger partial charge in [0, 0.05) is 37.6 Å². The van der Waals surface area contributed by atoms with Gasteiger partial charge in [0.2, 0.25) is 11.9 Å². The molecule has 1 spiro atoms. The van der Waals surface area contributed by atoms with Crippen molar-refractivity contribution in [3.8, 4) is 0 Å². The van der Waals surface area contributed by atoms with Crippen molar-refractivity contribution >= 4 is 28.7 Å². The molecule has 1 aromatic carbocycles. The molecule has 2 N–H and O–H groups in total. The first-order valence-corrected chi connectivity index (χ1v) is 10.7. The van der Waals surface area contributed by atoms with Gasteiger partial charge in [-0.1, -0.05) is 0 Å². The summed E-state index contributed by atoms with van der Waals surface area (Å²) in [6.07, 6.45) is 4.33. The first kappa shape index (κ1) is 21.0. The van der Waals surface area contributed by atoms with E-state index in [-0.39, 0.29) is 12.0 Å². The fraction of sp³-hybridized carbons (Fsp3) is 0.476. The monoisotopic (exact) mass is 448 g/mol. The second-order valence-corrected chi connectivity index (χ2v) is 7.95. The van der Waals surface area contributed by atoms with Gasteiger partial charge in [-0.25, -0.2) is 23.1 Å². The molecule has 3 heterocycles. The van der Waals surface area contributed by atoms with E-state index in [2.05, 4.69) is 25.6 Å². The molecule has 0 atom stereocenters. The number of fused-ring (bicyclic) bond motifs is 1. The molecule has 0 bridgehead atoms. The van der Waals surface area contributed by atoms with Gasteiger partial charge < -0.3 is 20.1 Å². The van der Waals surface area contributed by atoms with Gasteiger partial charge in [-0.05, 0) is 19.8 Å². The molecule has 8 nitrogen and oxygen atoms in total. The van der Waals surface area contributed by atoms with Crippen LogP contribution in [0.15, 0.2) is 18.3 Å². The van der Waals surface area contributed by atoms with Crippen LogP contribution in [0.1, 0.15) is 38.6 Å². The van der Waals surface area contributed by atoms with Crippen molar-refractivity contribution in [2.45, 2.75) is 44.4 Å². The number of nitrogens with one attached hydrogen (secondary N) is 2. The van der Waals surface area contributed by atoms with Gasteiger partial charge in [-0.3, -0.25) is 4.57 Å². The van der Waals surface area contributed by atoms with E-state index in [0.717, 1.165) is 0 Å². The lowest BCUT2D eigenvalue weighted by molar-refractivity contribution is -0.181. The minimum atomic E-state index is -1.05. The van der Waals surface area contributed by atoms with Crippen LogP contribution in [0.3, 0.4) is 0 Å². The van der Waals surface area contributed by atoms with Crippen molar-refractivity contribution in [3.63, 3.8) is 0 Å².